The molecule has 1 atom stereocenters. The van der Waals surface area contributed by atoms with Crippen LogP contribution in [0.15, 0.2) is 21.2 Å². The Kier molecular flexibility index (Phi) is 2.11. The third kappa shape index (κ3) is 2.44. The lowest BCUT2D eigenvalue weighted by molar-refractivity contribution is 0.799. The fourth-order valence-electron chi connectivity index (χ4n) is 0.742. The zero-order valence-corrected chi connectivity index (χ0v) is 7.26. The maximum absolute atomic E-state index is 5.75. The van der Waals surface area contributed by atoms with E-state index in [-0.39, 0.29) is 0 Å². The number of rotatable bonds is 0. The van der Waals surface area contributed by atoms with Crippen molar-refractivity contribution in [1.82, 2.24) is 0 Å². The molecule has 0 aromatic rings. The molecule has 0 radical (unpaired) electrons. The minimum absolute atomic E-state index is 0.394. The van der Waals surface area contributed by atoms with Gasteiger partial charge in [0.25, 0.3) is 0 Å². The zero-order valence-electron chi connectivity index (χ0n) is 6.50. The molecule has 0 amide bonds. The number of hydrogen-bond donors (Lipinski definition) is 1. The lowest BCUT2D eigenvalue weighted by Crippen LogP contribution is -2.35. The van der Waals surface area contributed by atoms with Crippen molar-refractivity contribution < 1.29 is 0 Å². The molecule has 1 aliphatic heterocycles. The summed E-state index contributed by atoms with van der Waals surface area (Å²) >= 11 is 5.71. The first-order valence-electron chi connectivity index (χ1n) is 3.27. The van der Waals surface area contributed by atoms with E-state index < -0.39 is 5.54 Å². The SMILES string of the molecule is CC1=NC(Cl)=CC(C)(N)C=N1. The molecular formula is C7H10ClN3. The van der Waals surface area contributed by atoms with Gasteiger partial charge in [-0.15, -0.1) is 0 Å². The maximum atomic E-state index is 5.75. The van der Waals surface area contributed by atoms with Crippen molar-refractivity contribution in [3.63, 3.8) is 0 Å². The van der Waals surface area contributed by atoms with Crippen LogP contribution in [0.5, 0.6) is 0 Å². The van der Waals surface area contributed by atoms with Crippen LogP contribution in [0.3, 0.4) is 0 Å². The molecule has 0 aromatic heterocycles. The third-order valence-corrected chi connectivity index (χ3v) is 1.42. The van der Waals surface area contributed by atoms with Crippen molar-refractivity contribution in [2.45, 2.75) is 19.4 Å². The van der Waals surface area contributed by atoms with E-state index in [4.69, 9.17) is 17.3 Å². The van der Waals surface area contributed by atoms with E-state index in [1.54, 1.807) is 19.2 Å². The Hall–Kier alpha value is -0.670. The summed E-state index contributed by atoms with van der Waals surface area (Å²) in [7, 11) is 0. The van der Waals surface area contributed by atoms with Gasteiger partial charge in [-0.1, -0.05) is 11.6 Å². The Balaban J connectivity index is 3.02. The first-order chi connectivity index (χ1) is 4.99. The Morgan fingerprint density at radius 1 is 1.64 bits per heavy atom. The van der Waals surface area contributed by atoms with Crippen molar-refractivity contribution in [1.29, 1.82) is 0 Å². The smallest absolute Gasteiger partial charge is 0.129 e. The van der Waals surface area contributed by atoms with Gasteiger partial charge in [0.2, 0.25) is 0 Å². The average Bonchev–Trinajstić information content (AvgIpc) is 1.90. The predicted octanol–water partition coefficient (Wildman–Crippen LogP) is 1.29. The summed E-state index contributed by atoms with van der Waals surface area (Å²) in [6, 6.07) is 0. The number of halogens is 1. The predicted molar refractivity (Wildman–Crippen MR) is 48.1 cm³/mol. The summed E-state index contributed by atoms with van der Waals surface area (Å²) in [5.74, 6) is 0.625. The molecule has 0 fully saturated rings. The molecule has 0 aliphatic carbocycles. The highest BCUT2D eigenvalue weighted by Gasteiger charge is 2.14. The molecular weight excluding hydrogens is 162 g/mol. The summed E-state index contributed by atoms with van der Waals surface area (Å²) in [5.41, 5.74) is 5.16. The minimum Gasteiger partial charge on any atom is -0.318 e. The monoisotopic (exact) mass is 171 g/mol. The van der Waals surface area contributed by atoms with Gasteiger partial charge in [-0.25, -0.2) is 9.98 Å². The number of amidine groups is 1. The molecule has 0 saturated carbocycles. The summed E-state index contributed by atoms with van der Waals surface area (Å²) in [5, 5.41) is 0.394. The fraction of sp³-hybridized carbons (Fsp3) is 0.429. The summed E-state index contributed by atoms with van der Waals surface area (Å²) in [6.07, 6.45) is 3.29. The van der Waals surface area contributed by atoms with Gasteiger partial charge in [0.05, 0.1) is 5.54 Å². The highest BCUT2D eigenvalue weighted by Crippen LogP contribution is 2.12. The van der Waals surface area contributed by atoms with Gasteiger partial charge in [-0.05, 0) is 19.9 Å². The van der Waals surface area contributed by atoms with Gasteiger partial charge >= 0.3 is 0 Å². The van der Waals surface area contributed by atoms with Crippen molar-refractivity contribution in [3.05, 3.63) is 11.2 Å². The normalized spacial score (nSPS) is 30.9. The second-order valence-electron chi connectivity index (χ2n) is 2.75. The van der Waals surface area contributed by atoms with E-state index in [9.17, 15) is 0 Å². The van der Waals surface area contributed by atoms with Crippen LogP contribution in [-0.2, 0) is 0 Å². The van der Waals surface area contributed by atoms with Gasteiger partial charge < -0.3 is 5.73 Å². The van der Waals surface area contributed by atoms with Gasteiger partial charge in [-0.3, -0.25) is 0 Å². The number of nitrogens with two attached hydrogens (primary N) is 1. The highest BCUT2D eigenvalue weighted by atomic mass is 35.5. The molecule has 0 spiro atoms. The van der Waals surface area contributed by atoms with Crippen molar-refractivity contribution in [2.24, 2.45) is 15.7 Å². The van der Waals surface area contributed by atoms with E-state index >= 15 is 0 Å². The molecule has 3 nitrogen and oxygen atoms in total. The summed E-state index contributed by atoms with van der Waals surface area (Å²) in [4.78, 5) is 7.93. The first kappa shape index (κ1) is 8.43. The molecule has 0 saturated heterocycles. The van der Waals surface area contributed by atoms with E-state index in [2.05, 4.69) is 9.98 Å². The van der Waals surface area contributed by atoms with Crippen molar-refractivity contribution in [3.8, 4) is 0 Å². The molecule has 0 aromatic carbocycles. The molecule has 1 heterocycles. The minimum atomic E-state index is -0.585. The first-order valence-corrected chi connectivity index (χ1v) is 3.65. The van der Waals surface area contributed by atoms with Crippen molar-refractivity contribution >= 4 is 23.7 Å². The second-order valence-corrected chi connectivity index (χ2v) is 3.14. The number of hydrogen-bond acceptors (Lipinski definition) is 3. The van der Waals surface area contributed by atoms with Crippen LogP contribution in [0, 0.1) is 0 Å². The number of nitrogens with zero attached hydrogens (tertiary/aromatic N) is 2. The van der Waals surface area contributed by atoms with Crippen LogP contribution in [0.25, 0.3) is 0 Å². The molecule has 1 unspecified atom stereocenters. The summed E-state index contributed by atoms with van der Waals surface area (Å²) in [6.45, 7) is 3.58. The Morgan fingerprint density at radius 3 is 2.91 bits per heavy atom. The lowest BCUT2D eigenvalue weighted by atomic mass is 10.1. The van der Waals surface area contributed by atoms with E-state index in [1.165, 1.54) is 0 Å². The highest BCUT2D eigenvalue weighted by molar-refractivity contribution is 6.30. The maximum Gasteiger partial charge on any atom is 0.129 e. The quantitative estimate of drug-likeness (QED) is 0.549. The van der Waals surface area contributed by atoms with Gasteiger partial charge in [0.15, 0.2) is 0 Å². The molecule has 2 N–H and O–H groups in total. The Morgan fingerprint density at radius 2 is 2.27 bits per heavy atom. The van der Waals surface area contributed by atoms with Crippen molar-refractivity contribution in [2.75, 3.05) is 0 Å². The average molecular weight is 172 g/mol. The van der Waals surface area contributed by atoms with E-state index in [0.29, 0.717) is 11.0 Å². The van der Waals surface area contributed by atoms with E-state index in [0.717, 1.165) is 0 Å². The van der Waals surface area contributed by atoms with E-state index in [1.807, 2.05) is 6.92 Å². The molecule has 1 rings (SSSR count). The molecule has 60 valence electrons. The molecule has 0 bridgehead atoms. The molecule has 11 heavy (non-hydrogen) atoms. The van der Waals surface area contributed by atoms with Crippen LogP contribution in [0.4, 0.5) is 0 Å². The largest absolute Gasteiger partial charge is 0.318 e. The Bertz CT molecular complexity index is 250. The molecule has 1 aliphatic rings. The summed E-state index contributed by atoms with van der Waals surface area (Å²) < 4.78 is 0. The van der Waals surface area contributed by atoms with Crippen LogP contribution >= 0.6 is 11.6 Å². The number of aliphatic imine (C=N–C) groups is 2. The van der Waals surface area contributed by atoms with Gasteiger partial charge in [0.1, 0.15) is 11.0 Å². The van der Waals surface area contributed by atoms with Crippen LogP contribution in [-0.4, -0.2) is 17.6 Å². The van der Waals surface area contributed by atoms with Gasteiger partial charge in [0, 0.05) is 6.21 Å². The third-order valence-electron chi connectivity index (χ3n) is 1.23. The zero-order chi connectivity index (χ0) is 8.48. The lowest BCUT2D eigenvalue weighted by Gasteiger charge is -2.11. The van der Waals surface area contributed by atoms with Crippen LogP contribution in [0.2, 0.25) is 0 Å². The van der Waals surface area contributed by atoms with Gasteiger partial charge in [-0.2, -0.15) is 0 Å². The van der Waals surface area contributed by atoms with Crippen LogP contribution in [0.1, 0.15) is 13.8 Å². The topological polar surface area (TPSA) is 50.7 Å². The molecule has 4 heteroatoms. The second kappa shape index (κ2) is 2.75. The standard InChI is InChI=1S/C7H10ClN3/c1-5-10-4-7(2,9)3-6(8)11-5/h3-4H,9H2,1-2H3. The van der Waals surface area contributed by atoms with Crippen LogP contribution < -0.4 is 5.73 Å². The Labute approximate surface area is 70.7 Å². The fourth-order valence-corrected chi connectivity index (χ4v) is 1.10.